The van der Waals surface area contributed by atoms with E-state index in [1.165, 1.54) is 6.07 Å². The highest BCUT2D eigenvalue weighted by molar-refractivity contribution is 7.71. The van der Waals surface area contributed by atoms with Crippen LogP contribution in [0.15, 0.2) is 35.3 Å². The van der Waals surface area contributed by atoms with Gasteiger partial charge < -0.3 is 14.0 Å². The molecule has 0 fully saturated rings. The van der Waals surface area contributed by atoms with Crippen LogP contribution in [0.1, 0.15) is 5.56 Å². The Hall–Kier alpha value is -2.08. The fourth-order valence-corrected chi connectivity index (χ4v) is 1.97. The number of methoxy groups -OCH3 is 2. The SMILES string of the molecule is COc1ccc(Cn2ccc(=O)[nH]c2=S)cc1OC. The number of ether oxygens (including phenoxy) is 2. The standard InChI is InChI=1S/C13H14N2O3S/c1-17-10-4-3-9(7-11(10)18-2)8-15-6-5-12(16)14-13(15)19/h3-7H,8H2,1-2H3,(H,14,16,19). The second-order valence-corrected chi connectivity index (χ2v) is 4.31. The van der Waals surface area contributed by atoms with Crippen molar-refractivity contribution in [3.05, 3.63) is 51.2 Å². The van der Waals surface area contributed by atoms with Crippen LogP contribution in [0.2, 0.25) is 0 Å². The van der Waals surface area contributed by atoms with Crippen LogP contribution in [0, 0.1) is 4.77 Å². The number of aromatic nitrogens is 2. The van der Waals surface area contributed by atoms with Crippen molar-refractivity contribution in [3.8, 4) is 11.5 Å². The summed E-state index contributed by atoms with van der Waals surface area (Å²) < 4.78 is 12.6. The lowest BCUT2D eigenvalue weighted by Crippen LogP contribution is -2.11. The number of nitrogens with one attached hydrogen (secondary N) is 1. The molecule has 0 unspecified atom stereocenters. The second kappa shape index (κ2) is 5.71. The van der Waals surface area contributed by atoms with E-state index >= 15 is 0 Å². The Kier molecular flexibility index (Phi) is 4.01. The van der Waals surface area contributed by atoms with Crippen molar-refractivity contribution < 1.29 is 9.47 Å². The van der Waals surface area contributed by atoms with Crippen molar-refractivity contribution in [2.75, 3.05) is 14.2 Å². The highest BCUT2D eigenvalue weighted by Crippen LogP contribution is 2.27. The average molecular weight is 278 g/mol. The summed E-state index contributed by atoms with van der Waals surface area (Å²) >= 11 is 5.10. The normalized spacial score (nSPS) is 10.2. The van der Waals surface area contributed by atoms with Crippen LogP contribution in [0.5, 0.6) is 11.5 Å². The van der Waals surface area contributed by atoms with E-state index in [1.807, 2.05) is 18.2 Å². The number of nitrogens with zero attached hydrogens (tertiary/aromatic N) is 1. The predicted molar refractivity (Wildman–Crippen MR) is 74.5 cm³/mol. The van der Waals surface area contributed by atoms with E-state index in [0.717, 1.165) is 5.56 Å². The molecular formula is C13H14N2O3S. The van der Waals surface area contributed by atoms with Gasteiger partial charge in [0.2, 0.25) is 0 Å². The van der Waals surface area contributed by atoms with Crippen LogP contribution in [-0.4, -0.2) is 23.8 Å². The van der Waals surface area contributed by atoms with Crippen molar-refractivity contribution in [2.24, 2.45) is 0 Å². The van der Waals surface area contributed by atoms with Gasteiger partial charge in [-0.15, -0.1) is 0 Å². The minimum absolute atomic E-state index is 0.200. The molecule has 0 aliphatic carbocycles. The highest BCUT2D eigenvalue weighted by Gasteiger charge is 2.05. The lowest BCUT2D eigenvalue weighted by atomic mass is 10.2. The molecule has 6 heteroatoms. The van der Waals surface area contributed by atoms with E-state index in [4.69, 9.17) is 21.7 Å². The van der Waals surface area contributed by atoms with Crippen LogP contribution < -0.4 is 15.0 Å². The number of rotatable bonds is 4. The maximum absolute atomic E-state index is 11.1. The van der Waals surface area contributed by atoms with Crippen molar-refractivity contribution in [3.63, 3.8) is 0 Å². The summed E-state index contributed by atoms with van der Waals surface area (Å²) in [6.45, 7) is 0.552. The Balaban J connectivity index is 2.33. The zero-order valence-electron chi connectivity index (χ0n) is 10.7. The van der Waals surface area contributed by atoms with E-state index in [1.54, 1.807) is 25.0 Å². The van der Waals surface area contributed by atoms with Crippen LogP contribution in [0.3, 0.4) is 0 Å². The molecule has 1 heterocycles. The molecule has 1 N–H and O–H groups in total. The fraction of sp³-hybridized carbons (Fsp3) is 0.231. The third kappa shape index (κ3) is 3.03. The maximum atomic E-state index is 11.1. The van der Waals surface area contributed by atoms with Crippen LogP contribution in [-0.2, 0) is 6.54 Å². The Morgan fingerprint density at radius 1 is 1.21 bits per heavy atom. The average Bonchev–Trinajstić information content (AvgIpc) is 2.41. The first-order chi connectivity index (χ1) is 9.13. The van der Waals surface area contributed by atoms with Crippen molar-refractivity contribution in [1.29, 1.82) is 0 Å². The highest BCUT2D eigenvalue weighted by atomic mass is 32.1. The zero-order valence-corrected chi connectivity index (χ0v) is 11.5. The molecule has 0 amide bonds. The number of H-pyrrole nitrogens is 1. The quantitative estimate of drug-likeness (QED) is 0.869. The predicted octanol–water partition coefficient (Wildman–Crippen LogP) is 1.97. The summed E-state index contributed by atoms with van der Waals surface area (Å²) in [5.41, 5.74) is 0.800. The fourth-order valence-electron chi connectivity index (χ4n) is 1.74. The Morgan fingerprint density at radius 3 is 2.58 bits per heavy atom. The van der Waals surface area contributed by atoms with Gasteiger partial charge in [-0.2, -0.15) is 0 Å². The van der Waals surface area contributed by atoms with E-state index < -0.39 is 0 Å². The molecule has 0 atom stereocenters. The van der Waals surface area contributed by atoms with Crippen LogP contribution >= 0.6 is 12.2 Å². The lowest BCUT2D eigenvalue weighted by molar-refractivity contribution is 0.354. The van der Waals surface area contributed by atoms with Crippen LogP contribution in [0.4, 0.5) is 0 Å². The summed E-state index contributed by atoms with van der Waals surface area (Å²) in [4.78, 5) is 13.7. The second-order valence-electron chi connectivity index (χ2n) is 3.93. The number of hydrogen-bond donors (Lipinski definition) is 1. The molecule has 1 aromatic heterocycles. The number of hydrogen-bond acceptors (Lipinski definition) is 4. The van der Waals surface area contributed by atoms with Gasteiger partial charge in [-0.1, -0.05) is 6.07 Å². The van der Waals surface area contributed by atoms with Gasteiger partial charge in [0.1, 0.15) is 0 Å². The summed E-state index contributed by atoms with van der Waals surface area (Å²) in [5, 5.41) is 0. The minimum Gasteiger partial charge on any atom is -0.493 e. The van der Waals surface area contributed by atoms with Gasteiger partial charge in [0.05, 0.1) is 14.2 Å². The number of benzene rings is 1. The molecule has 0 saturated carbocycles. The van der Waals surface area contributed by atoms with E-state index in [-0.39, 0.29) is 5.56 Å². The largest absolute Gasteiger partial charge is 0.493 e. The summed E-state index contributed by atoms with van der Waals surface area (Å²) in [6.07, 6.45) is 1.66. The number of aromatic amines is 1. The van der Waals surface area contributed by atoms with Gasteiger partial charge in [-0.05, 0) is 29.9 Å². The van der Waals surface area contributed by atoms with E-state index in [9.17, 15) is 4.79 Å². The molecule has 19 heavy (non-hydrogen) atoms. The smallest absolute Gasteiger partial charge is 0.251 e. The molecule has 0 saturated heterocycles. The summed E-state index contributed by atoms with van der Waals surface area (Å²) in [7, 11) is 3.18. The molecule has 100 valence electrons. The van der Waals surface area contributed by atoms with Gasteiger partial charge in [-0.25, -0.2) is 0 Å². The lowest BCUT2D eigenvalue weighted by Gasteiger charge is -2.11. The molecule has 0 aliphatic heterocycles. The molecule has 0 radical (unpaired) electrons. The van der Waals surface area contributed by atoms with Crippen molar-refractivity contribution in [1.82, 2.24) is 9.55 Å². The Bertz CT molecular complexity index is 691. The first-order valence-corrected chi connectivity index (χ1v) is 6.05. The van der Waals surface area contributed by atoms with Gasteiger partial charge >= 0.3 is 0 Å². The molecule has 0 aliphatic rings. The molecule has 0 bridgehead atoms. The third-order valence-electron chi connectivity index (χ3n) is 2.70. The first-order valence-electron chi connectivity index (χ1n) is 5.64. The first kappa shape index (κ1) is 13.4. The molecule has 2 aromatic rings. The van der Waals surface area contributed by atoms with Crippen molar-refractivity contribution in [2.45, 2.75) is 6.54 Å². The maximum Gasteiger partial charge on any atom is 0.251 e. The monoisotopic (exact) mass is 278 g/mol. The van der Waals surface area contributed by atoms with Gasteiger partial charge in [0.25, 0.3) is 5.56 Å². The molecule has 1 aromatic carbocycles. The van der Waals surface area contributed by atoms with Gasteiger partial charge in [-0.3, -0.25) is 9.78 Å². The van der Waals surface area contributed by atoms with E-state index in [0.29, 0.717) is 22.8 Å². The Labute approximate surface area is 115 Å². The molecular weight excluding hydrogens is 264 g/mol. The summed E-state index contributed by atoms with van der Waals surface area (Å²) in [6, 6.07) is 7.08. The topological polar surface area (TPSA) is 56.2 Å². The third-order valence-corrected chi connectivity index (χ3v) is 3.03. The minimum atomic E-state index is -0.200. The molecule has 5 nitrogen and oxygen atoms in total. The molecule has 2 rings (SSSR count). The Morgan fingerprint density at radius 2 is 1.95 bits per heavy atom. The van der Waals surface area contributed by atoms with Gasteiger partial charge in [0.15, 0.2) is 16.3 Å². The van der Waals surface area contributed by atoms with Gasteiger partial charge in [0, 0.05) is 18.8 Å². The van der Waals surface area contributed by atoms with E-state index in [2.05, 4.69) is 4.98 Å². The zero-order chi connectivity index (χ0) is 13.8. The molecule has 0 spiro atoms. The van der Waals surface area contributed by atoms with Crippen LogP contribution in [0.25, 0.3) is 0 Å². The van der Waals surface area contributed by atoms with Crippen molar-refractivity contribution >= 4 is 12.2 Å². The summed E-state index contributed by atoms with van der Waals surface area (Å²) in [5.74, 6) is 1.34.